The Morgan fingerprint density at radius 3 is 2.61 bits per heavy atom. The van der Waals surface area contributed by atoms with E-state index >= 15 is 0 Å². The maximum Gasteiger partial charge on any atom is 0.400 e. The average molecular weight is 269 g/mol. The van der Waals surface area contributed by atoms with Crippen LogP contribution in [0.25, 0.3) is 0 Å². The Bertz CT molecular complexity index is 297. The minimum atomic E-state index is -4.56. The largest absolute Gasteiger partial charge is 0.409 e. The second-order valence-corrected chi connectivity index (χ2v) is 4.51. The van der Waals surface area contributed by atoms with Crippen molar-refractivity contribution in [3.05, 3.63) is 0 Å². The van der Waals surface area contributed by atoms with Crippen LogP contribution < -0.4 is 11.1 Å². The summed E-state index contributed by atoms with van der Waals surface area (Å²) in [6.45, 7) is -0.488. The zero-order chi connectivity index (χ0) is 13.8. The van der Waals surface area contributed by atoms with E-state index in [2.05, 4.69) is 10.5 Å². The van der Waals surface area contributed by atoms with E-state index < -0.39 is 24.5 Å². The van der Waals surface area contributed by atoms with Crippen LogP contribution in [0.2, 0.25) is 0 Å². The SMILES string of the molecule is NC(=NO)C(CNC1CCCC1CO)C(F)(F)F. The Hall–Kier alpha value is -1.02. The van der Waals surface area contributed by atoms with Crippen molar-refractivity contribution in [2.75, 3.05) is 13.2 Å². The fraction of sp³-hybridized carbons (Fsp3) is 0.900. The summed E-state index contributed by atoms with van der Waals surface area (Å²) < 4.78 is 37.9. The van der Waals surface area contributed by atoms with Crippen molar-refractivity contribution in [1.29, 1.82) is 0 Å². The van der Waals surface area contributed by atoms with Gasteiger partial charge in [0.1, 0.15) is 5.92 Å². The second-order valence-electron chi connectivity index (χ2n) is 4.51. The Morgan fingerprint density at radius 1 is 1.44 bits per heavy atom. The fourth-order valence-corrected chi connectivity index (χ4v) is 2.25. The van der Waals surface area contributed by atoms with Crippen molar-refractivity contribution in [2.24, 2.45) is 22.7 Å². The molecule has 1 aliphatic rings. The van der Waals surface area contributed by atoms with E-state index in [0.29, 0.717) is 0 Å². The number of halogens is 3. The van der Waals surface area contributed by atoms with E-state index in [9.17, 15) is 13.2 Å². The number of nitrogens with zero attached hydrogens (tertiary/aromatic N) is 1. The van der Waals surface area contributed by atoms with Gasteiger partial charge in [-0.3, -0.25) is 0 Å². The van der Waals surface area contributed by atoms with Crippen molar-refractivity contribution in [3.8, 4) is 0 Å². The molecule has 0 aromatic heterocycles. The maximum atomic E-state index is 12.6. The monoisotopic (exact) mass is 269 g/mol. The molecule has 1 fully saturated rings. The van der Waals surface area contributed by atoms with Gasteiger partial charge in [-0.05, 0) is 18.8 Å². The molecule has 18 heavy (non-hydrogen) atoms. The third kappa shape index (κ3) is 3.74. The van der Waals surface area contributed by atoms with Crippen LogP contribution in [0.4, 0.5) is 13.2 Å². The molecule has 1 aliphatic carbocycles. The quantitative estimate of drug-likeness (QED) is 0.255. The first-order chi connectivity index (χ1) is 8.40. The molecule has 0 aromatic carbocycles. The predicted molar refractivity (Wildman–Crippen MR) is 59.2 cm³/mol. The molecule has 0 bridgehead atoms. The number of oxime groups is 1. The van der Waals surface area contributed by atoms with E-state index in [1.54, 1.807) is 0 Å². The normalized spacial score (nSPS) is 27.4. The molecule has 0 radical (unpaired) electrons. The number of rotatable bonds is 5. The molecule has 5 nitrogen and oxygen atoms in total. The summed E-state index contributed by atoms with van der Waals surface area (Å²) in [6.07, 6.45) is -2.15. The fourth-order valence-electron chi connectivity index (χ4n) is 2.25. The van der Waals surface area contributed by atoms with Gasteiger partial charge in [-0.1, -0.05) is 11.6 Å². The molecule has 0 saturated heterocycles. The molecule has 0 heterocycles. The number of nitrogens with two attached hydrogens (primary N) is 1. The second kappa shape index (κ2) is 6.24. The number of hydrogen-bond acceptors (Lipinski definition) is 4. The molecular weight excluding hydrogens is 251 g/mol. The highest BCUT2D eigenvalue weighted by Crippen LogP contribution is 2.28. The minimum absolute atomic E-state index is 0.0221. The van der Waals surface area contributed by atoms with Crippen molar-refractivity contribution < 1.29 is 23.5 Å². The van der Waals surface area contributed by atoms with Crippen molar-refractivity contribution >= 4 is 5.84 Å². The highest BCUT2D eigenvalue weighted by Gasteiger charge is 2.43. The van der Waals surface area contributed by atoms with Crippen LogP contribution in [0.1, 0.15) is 19.3 Å². The van der Waals surface area contributed by atoms with Crippen LogP contribution in [-0.2, 0) is 0 Å². The highest BCUT2D eigenvalue weighted by atomic mass is 19.4. The zero-order valence-electron chi connectivity index (χ0n) is 9.82. The van der Waals surface area contributed by atoms with E-state index in [4.69, 9.17) is 16.0 Å². The molecule has 0 aliphatic heterocycles. The number of alkyl halides is 3. The van der Waals surface area contributed by atoms with Crippen LogP contribution in [0.15, 0.2) is 5.16 Å². The van der Waals surface area contributed by atoms with Gasteiger partial charge in [-0.2, -0.15) is 13.2 Å². The first-order valence-electron chi connectivity index (χ1n) is 5.78. The number of nitrogens with one attached hydrogen (secondary N) is 1. The minimum Gasteiger partial charge on any atom is -0.409 e. The maximum absolute atomic E-state index is 12.6. The van der Waals surface area contributed by atoms with Gasteiger partial charge in [-0.15, -0.1) is 0 Å². The van der Waals surface area contributed by atoms with Gasteiger partial charge >= 0.3 is 6.18 Å². The van der Waals surface area contributed by atoms with Gasteiger partial charge < -0.3 is 21.4 Å². The van der Waals surface area contributed by atoms with Gasteiger partial charge in [0, 0.05) is 19.2 Å². The van der Waals surface area contributed by atoms with Gasteiger partial charge in [-0.25, -0.2) is 0 Å². The third-order valence-corrected chi connectivity index (χ3v) is 3.35. The van der Waals surface area contributed by atoms with Crippen molar-refractivity contribution in [1.82, 2.24) is 5.32 Å². The lowest BCUT2D eigenvalue weighted by Crippen LogP contribution is -2.46. The lowest BCUT2D eigenvalue weighted by Gasteiger charge is -2.24. The standard InChI is InChI=1S/C10H18F3N3O2/c11-10(12,13)7(9(14)16-18)4-15-8-3-1-2-6(8)5-17/h6-8,15,17-18H,1-5H2,(H2,14,16). The Morgan fingerprint density at radius 2 is 2.11 bits per heavy atom. The smallest absolute Gasteiger partial charge is 0.400 e. The zero-order valence-corrected chi connectivity index (χ0v) is 9.82. The van der Waals surface area contributed by atoms with Crippen LogP contribution in [0.5, 0.6) is 0 Å². The summed E-state index contributed by atoms with van der Waals surface area (Å²) in [6, 6.07) is -0.147. The van der Waals surface area contributed by atoms with Crippen LogP contribution in [0.3, 0.4) is 0 Å². The summed E-state index contributed by atoms with van der Waals surface area (Å²) >= 11 is 0. The molecule has 0 spiro atoms. The van der Waals surface area contributed by atoms with Crippen molar-refractivity contribution in [2.45, 2.75) is 31.5 Å². The summed E-state index contributed by atoms with van der Waals surface area (Å²) in [5, 5.41) is 22.6. The number of hydrogen-bond donors (Lipinski definition) is 4. The first-order valence-corrected chi connectivity index (χ1v) is 5.78. The molecule has 106 valence electrons. The van der Waals surface area contributed by atoms with Crippen molar-refractivity contribution in [3.63, 3.8) is 0 Å². The summed E-state index contributed by atoms with van der Waals surface area (Å²) in [5.41, 5.74) is 5.05. The summed E-state index contributed by atoms with van der Waals surface area (Å²) in [5.74, 6) is -2.89. The topological polar surface area (TPSA) is 90.9 Å². The number of aliphatic hydroxyl groups is 1. The van der Waals surface area contributed by atoms with Crippen LogP contribution in [0, 0.1) is 11.8 Å². The lowest BCUT2D eigenvalue weighted by atomic mass is 10.0. The van der Waals surface area contributed by atoms with E-state index in [0.717, 1.165) is 19.3 Å². The van der Waals surface area contributed by atoms with Gasteiger partial charge in [0.25, 0.3) is 0 Å². The molecule has 1 saturated carbocycles. The molecule has 3 atom stereocenters. The Kier molecular flexibility index (Phi) is 5.21. The summed E-state index contributed by atoms with van der Waals surface area (Å²) in [7, 11) is 0. The van der Waals surface area contributed by atoms with Gasteiger partial charge in [0.15, 0.2) is 5.84 Å². The molecule has 0 aromatic rings. The van der Waals surface area contributed by atoms with Crippen LogP contribution >= 0.6 is 0 Å². The first kappa shape index (κ1) is 15.0. The van der Waals surface area contributed by atoms with E-state index in [-0.39, 0.29) is 18.6 Å². The number of amidine groups is 1. The molecule has 5 N–H and O–H groups in total. The number of aliphatic hydroxyl groups excluding tert-OH is 1. The Labute approximate surface area is 103 Å². The average Bonchev–Trinajstić information content (AvgIpc) is 2.74. The summed E-state index contributed by atoms with van der Waals surface area (Å²) in [4.78, 5) is 0. The molecular formula is C10H18F3N3O2. The highest BCUT2D eigenvalue weighted by molar-refractivity contribution is 5.83. The molecule has 8 heteroatoms. The molecule has 1 rings (SSSR count). The lowest BCUT2D eigenvalue weighted by molar-refractivity contribution is -0.155. The van der Waals surface area contributed by atoms with Gasteiger partial charge in [0.2, 0.25) is 0 Å². The van der Waals surface area contributed by atoms with E-state index in [1.165, 1.54) is 0 Å². The third-order valence-electron chi connectivity index (χ3n) is 3.35. The van der Waals surface area contributed by atoms with Crippen LogP contribution in [-0.4, -0.2) is 41.5 Å². The Balaban J connectivity index is 2.57. The molecule has 3 unspecified atom stereocenters. The predicted octanol–water partition coefficient (Wildman–Crippen LogP) is 0.662. The van der Waals surface area contributed by atoms with E-state index in [1.807, 2.05) is 0 Å². The van der Waals surface area contributed by atoms with Gasteiger partial charge in [0.05, 0.1) is 0 Å². The molecule has 0 amide bonds.